The van der Waals surface area contributed by atoms with Crippen molar-refractivity contribution in [2.45, 2.75) is 6.42 Å². The second-order valence-corrected chi connectivity index (χ2v) is 7.21. The van der Waals surface area contributed by atoms with Gasteiger partial charge in [-0.15, -0.1) is 0 Å². The van der Waals surface area contributed by atoms with Gasteiger partial charge in [-0.05, 0) is 34.0 Å². The Morgan fingerprint density at radius 1 is 0.839 bits per heavy atom. The zero-order chi connectivity index (χ0) is 21.0. The molecule has 0 unspecified atom stereocenters. The molecule has 0 radical (unpaired) electrons. The maximum atomic E-state index is 12.7. The Morgan fingerprint density at radius 3 is 2.42 bits per heavy atom. The molecule has 5 heteroatoms. The van der Waals surface area contributed by atoms with E-state index in [1.54, 1.807) is 12.4 Å². The minimum Gasteiger partial charge on any atom is -0.337 e. The lowest BCUT2D eigenvalue weighted by Crippen LogP contribution is -2.14. The molecule has 150 valence electrons. The van der Waals surface area contributed by atoms with Gasteiger partial charge in [-0.1, -0.05) is 78.0 Å². The number of anilines is 1. The van der Waals surface area contributed by atoms with Crippen molar-refractivity contribution in [2.75, 3.05) is 5.32 Å². The lowest BCUT2D eigenvalue weighted by molar-refractivity contribution is -0.115. The quantitative estimate of drug-likeness (QED) is 0.405. The van der Waals surface area contributed by atoms with Crippen molar-refractivity contribution in [3.8, 4) is 22.4 Å². The van der Waals surface area contributed by atoms with Gasteiger partial charge in [0.2, 0.25) is 11.8 Å². The van der Waals surface area contributed by atoms with Crippen molar-refractivity contribution in [1.29, 1.82) is 0 Å². The summed E-state index contributed by atoms with van der Waals surface area (Å²) >= 11 is 0. The lowest BCUT2D eigenvalue weighted by atomic mass is 9.97. The highest BCUT2D eigenvalue weighted by Crippen LogP contribution is 2.40. The van der Waals surface area contributed by atoms with E-state index in [2.05, 4.69) is 33.7 Å². The summed E-state index contributed by atoms with van der Waals surface area (Å²) in [6, 6.07) is 27.6. The molecule has 5 nitrogen and oxygen atoms in total. The number of hydrogen-bond donors (Lipinski definition) is 1. The number of pyridine rings is 1. The van der Waals surface area contributed by atoms with Crippen LogP contribution >= 0.6 is 0 Å². The Labute approximate surface area is 179 Å². The third kappa shape index (κ3) is 3.81. The molecule has 2 aromatic heterocycles. The van der Waals surface area contributed by atoms with E-state index in [4.69, 9.17) is 4.52 Å². The van der Waals surface area contributed by atoms with Crippen LogP contribution in [0.4, 0.5) is 5.88 Å². The van der Waals surface area contributed by atoms with E-state index >= 15 is 0 Å². The summed E-state index contributed by atoms with van der Waals surface area (Å²) in [4.78, 5) is 16.8. The highest BCUT2D eigenvalue weighted by Gasteiger charge is 2.22. The predicted molar refractivity (Wildman–Crippen MR) is 121 cm³/mol. The topological polar surface area (TPSA) is 68.0 Å². The number of carbonyl (C=O) groups excluding carboxylic acids is 1. The molecule has 5 rings (SSSR count). The average Bonchev–Trinajstić information content (AvgIpc) is 3.23. The van der Waals surface area contributed by atoms with Crippen LogP contribution in [0.1, 0.15) is 5.56 Å². The highest BCUT2D eigenvalue weighted by atomic mass is 16.5. The third-order valence-electron chi connectivity index (χ3n) is 5.17. The van der Waals surface area contributed by atoms with E-state index in [1.807, 2.05) is 66.7 Å². The molecule has 2 heterocycles. The molecule has 0 saturated carbocycles. The summed E-state index contributed by atoms with van der Waals surface area (Å²) in [5.74, 6) is 0.164. The van der Waals surface area contributed by atoms with Gasteiger partial charge in [-0.25, -0.2) is 0 Å². The van der Waals surface area contributed by atoms with Crippen LogP contribution in [-0.2, 0) is 11.2 Å². The van der Waals surface area contributed by atoms with Gasteiger partial charge >= 0.3 is 0 Å². The van der Waals surface area contributed by atoms with Crippen LogP contribution in [-0.4, -0.2) is 16.0 Å². The van der Waals surface area contributed by atoms with Crippen molar-refractivity contribution in [1.82, 2.24) is 10.1 Å². The zero-order valence-corrected chi connectivity index (χ0v) is 16.7. The Kier molecular flexibility index (Phi) is 4.99. The zero-order valence-electron chi connectivity index (χ0n) is 16.7. The van der Waals surface area contributed by atoms with Gasteiger partial charge in [0, 0.05) is 18.0 Å². The van der Waals surface area contributed by atoms with Gasteiger partial charge in [-0.3, -0.25) is 15.1 Å². The Balaban J connectivity index is 1.59. The van der Waals surface area contributed by atoms with Crippen molar-refractivity contribution >= 4 is 22.6 Å². The first kappa shape index (κ1) is 18.8. The molecule has 5 aromatic rings. The van der Waals surface area contributed by atoms with Crippen LogP contribution in [0.5, 0.6) is 0 Å². The largest absolute Gasteiger partial charge is 0.337 e. The predicted octanol–water partition coefficient (Wildman–Crippen LogP) is 5.74. The smallest absolute Gasteiger partial charge is 0.239 e. The summed E-state index contributed by atoms with van der Waals surface area (Å²) in [7, 11) is 0. The van der Waals surface area contributed by atoms with E-state index < -0.39 is 0 Å². The second kappa shape index (κ2) is 8.24. The first-order valence-electron chi connectivity index (χ1n) is 10.0. The summed E-state index contributed by atoms with van der Waals surface area (Å²) < 4.78 is 5.66. The van der Waals surface area contributed by atoms with Crippen LogP contribution in [0.2, 0.25) is 0 Å². The van der Waals surface area contributed by atoms with Crippen LogP contribution in [0.15, 0.2) is 102 Å². The van der Waals surface area contributed by atoms with Crippen molar-refractivity contribution in [3.63, 3.8) is 0 Å². The molecule has 0 spiro atoms. The van der Waals surface area contributed by atoms with Gasteiger partial charge in [0.1, 0.15) is 5.69 Å². The molecule has 0 fully saturated rings. The molecule has 1 N–H and O–H groups in total. The number of benzene rings is 3. The van der Waals surface area contributed by atoms with E-state index in [9.17, 15) is 4.79 Å². The highest BCUT2D eigenvalue weighted by molar-refractivity contribution is 6.03. The molecule has 0 atom stereocenters. The van der Waals surface area contributed by atoms with Gasteiger partial charge in [0.15, 0.2) is 0 Å². The maximum Gasteiger partial charge on any atom is 0.239 e. The van der Waals surface area contributed by atoms with Crippen LogP contribution in [0.3, 0.4) is 0 Å². The molecule has 0 aliphatic rings. The van der Waals surface area contributed by atoms with E-state index in [1.165, 1.54) is 0 Å². The number of hydrogen-bond acceptors (Lipinski definition) is 4. The molecule has 0 saturated heterocycles. The Hall–Kier alpha value is -4.25. The number of nitrogens with one attached hydrogen (secondary N) is 1. The number of carbonyl (C=O) groups is 1. The van der Waals surface area contributed by atoms with E-state index in [0.29, 0.717) is 11.6 Å². The monoisotopic (exact) mass is 405 g/mol. The Bertz CT molecular complexity index is 1340. The molecule has 31 heavy (non-hydrogen) atoms. The first-order valence-corrected chi connectivity index (χ1v) is 10.0. The standard InChI is InChI=1S/C26H19N3O2/c30-23(17-18-7-2-1-3-8-18)28-26-24(20-13-15-27-16-14-20)25(29-31-26)22-12-6-10-19-9-4-5-11-21(19)22/h1-16H,17H2,(H,28,30). The number of aromatic nitrogens is 2. The minimum absolute atomic E-state index is 0.165. The Morgan fingerprint density at radius 2 is 1.58 bits per heavy atom. The molecule has 0 aliphatic heterocycles. The number of nitrogens with zero attached hydrogens (tertiary/aromatic N) is 2. The minimum atomic E-state index is -0.165. The van der Waals surface area contributed by atoms with E-state index in [0.717, 1.165) is 33.0 Å². The molecule has 0 aliphatic carbocycles. The number of rotatable bonds is 5. The first-order chi connectivity index (χ1) is 15.3. The molecular weight excluding hydrogens is 386 g/mol. The van der Waals surface area contributed by atoms with Crippen molar-refractivity contribution < 1.29 is 9.32 Å². The summed E-state index contributed by atoms with van der Waals surface area (Å²) in [6.45, 7) is 0. The fourth-order valence-electron chi connectivity index (χ4n) is 3.73. The molecular formula is C26H19N3O2. The van der Waals surface area contributed by atoms with Crippen LogP contribution < -0.4 is 5.32 Å². The van der Waals surface area contributed by atoms with Gasteiger partial charge < -0.3 is 4.52 Å². The van der Waals surface area contributed by atoms with Crippen molar-refractivity contribution in [2.24, 2.45) is 0 Å². The summed E-state index contributed by atoms with van der Waals surface area (Å²) in [5.41, 5.74) is 4.16. The normalized spacial score (nSPS) is 10.8. The van der Waals surface area contributed by atoms with Crippen molar-refractivity contribution in [3.05, 3.63) is 103 Å². The molecule has 0 bridgehead atoms. The lowest BCUT2D eigenvalue weighted by Gasteiger charge is -2.08. The van der Waals surface area contributed by atoms with E-state index in [-0.39, 0.29) is 12.3 Å². The van der Waals surface area contributed by atoms with Crippen LogP contribution in [0, 0.1) is 0 Å². The van der Waals surface area contributed by atoms with Gasteiger partial charge in [0.05, 0.1) is 12.0 Å². The average molecular weight is 405 g/mol. The van der Waals surface area contributed by atoms with Gasteiger partial charge in [-0.2, -0.15) is 0 Å². The number of amides is 1. The molecule has 3 aromatic carbocycles. The van der Waals surface area contributed by atoms with Gasteiger partial charge in [0.25, 0.3) is 0 Å². The summed E-state index contributed by atoms with van der Waals surface area (Å²) in [5, 5.41) is 9.45. The number of fused-ring (bicyclic) bond motifs is 1. The third-order valence-corrected chi connectivity index (χ3v) is 5.17. The second-order valence-electron chi connectivity index (χ2n) is 7.21. The molecule has 1 amide bonds. The SMILES string of the molecule is O=C(Cc1ccccc1)Nc1onc(-c2cccc3ccccc23)c1-c1ccncc1. The fraction of sp³-hybridized carbons (Fsp3) is 0.0385. The van der Waals surface area contributed by atoms with Crippen LogP contribution in [0.25, 0.3) is 33.2 Å². The maximum absolute atomic E-state index is 12.7. The fourth-order valence-corrected chi connectivity index (χ4v) is 3.73. The summed E-state index contributed by atoms with van der Waals surface area (Å²) in [6.07, 6.45) is 3.68.